The number of rotatable bonds is 2. The number of amides is 1. The number of carbonyl (C=O) groups excluding carboxylic acids is 1. The van der Waals surface area contributed by atoms with E-state index in [1.165, 1.54) is 11.3 Å². The van der Waals surface area contributed by atoms with Gasteiger partial charge in [-0.05, 0) is 37.6 Å². The van der Waals surface area contributed by atoms with Crippen molar-refractivity contribution in [1.29, 1.82) is 0 Å². The van der Waals surface area contributed by atoms with Crippen LogP contribution in [0.25, 0.3) is 10.1 Å². The van der Waals surface area contributed by atoms with E-state index in [4.69, 9.17) is 23.2 Å². The Morgan fingerprint density at radius 1 is 1.09 bits per heavy atom. The molecule has 0 aliphatic rings. The van der Waals surface area contributed by atoms with Gasteiger partial charge in [0.15, 0.2) is 0 Å². The number of halogens is 2. The largest absolute Gasteiger partial charge is 0.321 e. The second kappa shape index (κ2) is 5.92. The third kappa shape index (κ3) is 2.84. The van der Waals surface area contributed by atoms with Gasteiger partial charge < -0.3 is 5.32 Å². The first-order chi connectivity index (χ1) is 10.5. The maximum atomic E-state index is 12.5. The molecule has 0 atom stereocenters. The van der Waals surface area contributed by atoms with Crippen LogP contribution in [0.3, 0.4) is 0 Å². The van der Waals surface area contributed by atoms with Gasteiger partial charge in [0.05, 0.1) is 5.02 Å². The van der Waals surface area contributed by atoms with Gasteiger partial charge >= 0.3 is 0 Å². The van der Waals surface area contributed by atoms with Crippen molar-refractivity contribution in [2.24, 2.45) is 0 Å². The fourth-order valence-corrected chi connectivity index (χ4v) is 4.01. The van der Waals surface area contributed by atoms with Gasteiger partial charge in [-0.2, -0.15) is 0 Å². The van der Waals surface area contributed by atoms with Crippen molar-refractivity contribution in [1.82, 2.24) is 0 Å². The Morgan fingerprint density at radius 3 is 2.59 bits per heavy atom. The summed E-state index contributed by atoms with van der Waals surface area (Å²) in [5.74, 6) is -0.200. The molecule has 0 aliphatic heterocycles. The number of thiophene rings is 1. The molecular formula is C17H13Cl2NOS. The minimum atomic E-state index is -0.200. The first-order valence-corrected chi connectivity index (χ1v) is 8.29. The number of benzene rings is 2. The molecule has 0 radical (unpaired) electrons. The maximum absolute atomic E-state index is 12.5. The quantitative estimate of drug-likeness (QED) is 0.596. The van der Waals surface area contributed by atoms with Crippen molar-refractivity contribution in [3.63, 3.8) is 0 Å². The summed E-state index contributed by atoms with van der Waals surface area (Å²) in [6.45, 7) is 3.99. The number of aryl methyl sites for hydroxylation is 2. The fraction of sp³-hybridized carbons (Fsp3) is 0.118. The Kier molecular flexibility index (Phi) is 4.13. The number of anilines is 1. The highest BCUT2D eigenvalue weighted by molar-refractivity contribution is 7.21. The molecule has 112 valence electrons. The van der Waals surface area contributed by atoms with Crippen molar-refractivity contribution < 1.29 is 4.79 Å². The summed E-state index contributed by atoms with van der Waals surface area (Å²) >= 11 is 13.7. The SMILES string of the molecule is Cc1ccc(NC(=O)c2sc3cc(Cl)ccc3c2Cl)c(C)c1. The van der Waals surface area contributed by atoms with Crippen LogP contribution in [0.4, 0.5) is 5.69 Å². The highest BCUT2D eigenvalue weighted by Gasteiger charge is 2.18. The van der Waals surface area contributed by atoms with Crippen LogP contribution in [0.15, 0.2) is 36.4 Å². The molecule has 2 aromatic carbocycles. The summed E-state index contributed by atoms with van der Waals surface area (Å²) in [5.41, 5.74) is 2.97. The molecule has 5 heteroatoms. The van der Waals surface area contributed by atoms with Crippen LogP contribution in [0.1, 0.15) is 20.8 Å². The van der Waals surface area contributed by atoms with Crippen molar-refractivity contribution in [2.45, 2.75) is 13.8 Å². The van der Waals surface area contributed by atoms with Crippen LogP contribution in [-0.4, -0.2) is 5.91 Å². The molecule has 0 saturated heterocycles. The summed E-state index contributed by atoms with van der Waals surface area (Å²) in [4.78, 5) is 13.0. The monoisotopic (exact) mass is 349 g/mol. The molecule has 0 spiro atoms. The zero-order valence-corrected chi connectivity index (χ0v) is 14.4. The Labute approximate surface area is 142 Å². The summed E-state index contributed by atoms with van der Waals surface area (Å²) in [7, 11) is 0. The topological polar surface area (TPSA) is 29.1 Å². The van der Waals surface area contributed by atoms with E-state index in [0.717, 1.165) is 26.9 Å². The zero-order chi connectivity index (χ0) is 15.9. The first-order valence-electron chi connectivity index (χ1n) is 6.72. The van der Waals surface area contributed by atoms with Crippen molar-refractivity contribution in [3.8, 4) is 0 Å². The summed E-state index contributed by atoms with van der Waals surface area (Å²) in [5, 5.41) is 4.88. The molecule has 3 aromatic rings. The third-order valence-electron chi connectivity index (χ3n) is 3.43. The average molecular weight is 350 g/mol. The van der Waals surface area contributed by atoms with Gasteiger partial charge in [-0.25, -0.2) is 0 Å². The van der Waals surface area contributed by atoms with Crippen molar-refractivity contribution >= 4 is 56.2 Å². The number of fused-ring (bicyclic) bond motifs is 1. The highest BCUT2D eigenvalue weighted by atomic mass is 35.5. The van der Waals surface area contributed by atoms with E-state index in [1.807, 2.05) is 44.2 Å². The summed E-state index contributed by atoms with van der Waals surface area (Å²) < 4.78 is 0.906. The lowest BCUT2D eigenvalue weighted by Crippen LogP contribution is -2.11. The van der Waals surface area contributed by atoms with Gasteiger partial charge in [0.25, 0.3) is 5.91 Å². The fourth-order valence-electron chi connectivity index (χ4n) is 2.32. The molecule has 3 rings (SSSR count). The Balaban J connectivity index is 1.97. The smallest absolute Gasteiger partial charge is 0.267 e. The Bertz CT molecular complexity index is 886. The minimum absolute atomic E-state index is 0.200. The van der Waals surface area contributed by atoms with Gasteiger partial charge in [0, 0.05) is 20.8 Å². The predicted molar refractivity (Wildman–Crippen MR) is 95.7 cm³/mol. The Morgan fingerprint density at radius 2 is 1.86 bits per heavy atom. The average Bonchev–Trinajstić information content (AvgIpc) is 2.78. The van der Waals surface area contributed by atoms with Crippen LogP contribution in [0.5, 0.6) is 0 Å². The van der Waals surface area contributed by atoms with Crippen LogP contribution in [0.2, 0.25) is 10.0 Å². The van der Waals surface area contributed by atoms with Gasteiger partial charge in [0.2, 0.25) is 0 Å². The van der Waals surface area contributed by atoms with Crippen molar-refractivity contribution in [2.75, 3.05) is 5.32 Å². The number of nitrogens with one attached hydrogen (secondary N) is 1. The van der Waals surface area contributed by atoms with E-state index in [2.05, 4.69) is 5.32 Å². The summed E-state index contributed by atoms with van der Waals surface area (Å²) in [6, 6.07) is 11.3. The number of carbonyl (C=O) groups is 1. The van der Waals surface area contributed by atoms with Gasteiger partial charge in [-0.1, -0.05) is 47.0 Å². The normalized spacial score (nSPS) is 10.9. The lowest BCUT2D eigenvalue weighted by atomic mass is 10.1. The molecule has 1 aromatic heterocycles. The molecular weight excluding hydrogens is 337 g/mol. The van der Waals surface area contributed by atoms with E-state index in [9.17, 15) is 4.79 Å². The van der Waals surface area contributed by atoms with Crippen molar-refractivity contribution in [3.05, 3.63) is 62.4 Å². The van der Waals surface area contributed by atoms with E-state index in [1.54, 1.807) is 6.07 Å². The van der Waals surface area contributed by atoms with E-state index in [0.29, 0.717) is 14.9 Å². The molecule has 0 bridgehead atoms. The Hall–Kier alpha value is -1.55. The maximum Gasteiger partial charge on any atom is 0.267 e. The van der Waals surface area contributed by atoms with Gasteiger partial charge in [-0.3, -0.25) is 4.79 Å². The molecule has 0 unspecified atom stereocenters. The molecule has 0 aliphatic carbocycles. The summed E-state index contributed by atoms with van der Waals surface area (Å²) in [6.07, 6.45) is 0. The minimum Gasteiger partial charge on any atom is -0.321 e. The van der Waals surface area contributed by atoms with E-state index >= 15 is 0 Å². The second-order valence-corrected chi connectivity index (χ2v) is 7.02. The van der Waals surface area contributed by atoms with Crippen LogP contribution < -0.4 is 5.32 Å². The molecule has 0 fully saturated rings. The van der Waals surface area contributed by atoms with E-state index in [-0.39, 0.29) is 5.91 Å². The van der Waals surface area contributed by atoms with Gasteiger partial charge in [0.1, 0.15) is 4.88 Å². The molecule has 1 heterocycles. The third-order valence-corrected chi connectivity index (χ3v) is 5.32. The molecule has 2 nitrogen and oxygen atoms in total. The molecule has 22 heavy (non-hydrogen) atoms. The number of hydrogen-bond acceptors (Lipinski definition) is 2. The van der Waals surface area contributed by atoms with Crippen LogP contribution in [-0.2, 0) is 0 Å². The number of hydrogen-bond donors (Lipinski definition) is 1. The zero-order valence-electron chi connectivity index (χ0n) is 12.0. The highest BCUT2D eigenvalue weighted by Crippen LogP contribution is 2.37. The predicted octanol–water partition coefficient (Wildman–Crippen LogP) is 6.08. The lowest BCUT2D eigenvalue weighted by Gasteiger charge is -2.08. The molecule has 1 N–H and O–H groups in total. The molecule has 1 amide bonds. The molecule has 0 saturated carbocycles. The first kappa shape index (κ1) is 15.3. The van der Waals surface area contributed by atoms with E-state index < -0.39 is 0 Å². The lowest BCUT2D eigenvalue weighted by molar-refractivity contribution is 0.103. The second-order valence-electron chi connectivity index (χ2n) is 5.16. The van der Waals surface area contributed by atoms with Crippen LogP contribution in [0, 0.1) is 13.8 Å². The standard InChI is InChI=1S/C17H13Cl2NOS/c1-9-3-6-13(10(2)7-9)20-17(21)16-15(19)12-5-4-11(18)8-14(12)22-16/h3-8H,1-2H3,(H,20,21). The van der Waals surface area contributed by atoms with Gasteiger partial charge in [-0.15, -0.1) is 11.3 Å². The van der Waals surface area contributed by atoms with Crippen LogP contribution >= 0.6 is 34.5 Å².